The van der Waals surface area contributed by atoms with Crippen LogP contribution in [0.25, 0.3) is 0 Å². The van der Waals surface area contributed by atoms with Gasteiger partial charge < -0.3 is 16.0 Å². The Morgan fingerprint density at radius 3 is 2.65 bits per heavy atom. The van der Waals surface area contributed by atoms with Gasteiger partial charge in [-0.15, -0.1) is 0 Å². The minimum atomic E-state index is -4.31. The number of carbonyl (C=O) groups is 1. The third-order valence-corrected chi connectivity index (χ3v) is 4.46. The molecule has 0 saturated carbocycles. The lowest BCUT2D eigenvalue weighted by atomic mass is 10.1. The second-order valence-corrected chi connectivity index (χ2v) is 5.91. The van der Waals surface area contributed by atoms with Gasteiger partial charge in [-0.25, -0.2) is 4.79 Å². The van der Waals surface area contributed by atoms with Crippen molar-refractivity contribution in [1.82, 2.24) is 10.2 Å². The van der Waals surface area contributed by atoms with Crippen LogP contribution in [-0.4, -0.2) is 36.2 Å². The number of nitrogens with zero attached hydrogens (tertiary/aromatic N) is 1. The number of hydrogen-bond acceptors (Lipinski definition) is 2. The van der Waals surface area contributed by atoms with Crippen molar-refractivity contribution < 1.29 is 18.0 Å². The molecule has 0 unspecified atom stereocenters. The predicted molar refractivity (Wildman–Crippen MR) is 79.7 cm³/mol. The fraction of sp³-hybridized carbons (Fsp3) is 0.438. The number of amides is 2. The Labute approximate surface area is 132 Å². The van der Waals surface area contributed by atoms with Crippen molar-refractivity contribution in [3.05, 3.63) is 47.0 Å². The quantitative estimate of drug-likeness (QED) is 0.780. The predicted octanol–water partition coefficient (Wildman–Crippen LogP) is 2.52. The average molecular weight is 325 g/mol. The van der Waals surface area contributed by atoms with E-state index in [1.165, 1.54) is 4.90 Å². The van der Waals surface area contributed by atoms with E-state index in [1.807, 2.05) is 24.3 Å². The third-order valence-electron chi connectivity index (χ3n) is 4.46. The number of nitrogens with two attached hydrogens (primary N) is 1. The van der Waals surface area contributed by atoms with E-state index in [4.69, 9.17) is 5.73 Å². The molecule has 1 aliphatic heterocycles. The molecule has 2 aliphatic rings. The smallest absolute Gasteiger partial charge is 0.333 e. The molecule has 1 aromatic carbocycles. The van der Waals surface area contributed by atoms with Crippen molar-refractivity contribution in [2.75, 3.05) is 13.1 Å². The molecule has 0 fully saturated rings. The van der Waals surface area contributed by atoms with Gasteiger partial charge in [0.1, 0.15) is 0 Å². The standard InChI is InChI=1S/C16H18F3N3O/c17-16(18,19)11-5-7-22(8-6-11)15(23)21-13-9-10-3-1-2-4-12(10)14(13)20/h1-5,13-14H,6-9,20H2,(H,21,23)/t13-,14-/m1/s1. The summed E-state index contributed by atoms with van der Waals surface area (Å²) < 4.78 is 37.8. The molecule has 0 radical (unpaired) electrons. The Morgan fingerprint density at radius 2 is 2.04 bits per heavy atom. The molecule has 1 aliphatic carbocycles. The van der Waals surface area contributed by atoms with Crippen LogP contribution in [0.3, 0.4) is 0 Å². The van der Waals surface area contributed by atoms with Crippen LogP contribution < -0.4 is 11.1 Å². The number of benzene rings is 1. The van der Waals surface area contributed by atoms with Crippen molar-refractivity contribution in [3.8, 4) is 0 Å². The molecule has 0 bridgehead atoms. The lowest BCUT2D eigenvalue weighted by molar-refractivity contribution is -0.0956. The van der Waals surface area contributed by atoms with Crippen LogP contribution in [-0.2, 0) is 6.42 Å². The maximum Gasteiger partial charge on any atom is 0.412 e. The number of carbonyl (C=O) groups excluding carboxylic acids is 1. The highest BCUT2D eigenvalue weighted by Crippen LogP contribution is 2.31. The first kappa shape index (κ1) is 15.9. The summed E-state index contributed by atoms with van der Waals surface area (Å²) in [6, 6.07) is 6.84. The van der Waals surface area contributed by atoms with E-state index >= 15 is 0 Å². The zero-order chi connectivity index (χ0) is 16.6. The molecule has 1 aromatic rings. The summed E-state index contributed by atoms with van der Waals surface area (Å²) >= 11 is 0. The van der Waals surface area contributed by atoms with Gasteiger partial charge in [0.05, 0.1) is 12.1 Å². The van der Waals surface area contributed by atoms with E-state index in [2.05, 4.69) is 5.32 Å². The van der Waals surface area contributed by atoms with Crippen molar-refractivity contribution >= 4 is 6.03 Å². The van der Waals surface area contributed by atoms with Crippen molar-refractivity contribution in [3.63, 3.8) is 0 Å². The maximum atomic E-state index is 12.6. The van der Waals surface area contributed by atoms with Crippen molar-refractivity contribution in [2.45, 2.75) is 31.1 Å². The molecule has 0 saturated heterocycles. The van der Waals surface area contributed by atoms with Gasteiger partial charge in [0, 0.05) is 18.7 Å². The first-order chi connectivity index (χ1) is 10.9. The second-order valence-electron chi connectivity index (χ2n) is 5.91. The zero-order valence-electron chi connectivity index (χ0n) is 12.4. The zero-order valence-corrected chi connectivity index (χ0v) is 12.4. The third kappa shape index (κ3) is 3.19. The van der Waals surface area contributed by atoms with Crippen LogP contribution in [0.1, 0.15) is 23.6 Å². The molecule has 2 amide bonds. The number of halogens is 3. The lowest BCUT2D eigenvalue weighted by Gasteiger charge is -2.29. The summed E-state index contributed by atoms with van der Waals surface area (Å²) in [5.74, 6) is 0. The van der Waals surface area contributed by atoms with Crippen LogP contribution in [0.2, 0.25) is 0 Å². The molecule has 7 heteroatoms. The van der Waals surface area contributed by atoms with Gasteiger partial charge in [-0.3, -0.25) is 0 Å². The van der Waals surface area contributed by atoms with E-state index in [9.17, 15) is 18.0 Å². The number of hydrogen-bond donors (Lipinski definition) is 2. The largest absolute Gasteiger partial charge is 0.412 e. The first-order valence-electron chi connectivity index (χ1n) is 7.51. The molecule has 124 valence electrons. The Hall–Kier alpha value is -2.02. The highest BCUT2D eigenvalue weighted by atomic mass is 19.4. The number of nitrogens with one attached hydrogen (secondary N) is 1. The Morgan fingerprint density at radius 1 is 1.30 bits per heavy atom. The van der Waals surface area contributed by atoms with E-state index in [0.29, 0.717) is 6.42 Å². The van der Waals surface area contributed by atoms with Crippen molar-refractivity contribution in [2.24, 2.45) is 5.73 Å². The summed E-state index contributed by atoms with van der Waals surface area (Å²) in [4.78, 5) is 13.6. The molecule has 2 atom stereocenters. The second kappa shape index (κ2) is 5.88. The molecule has 1 heterocycles. The van der Waals surface area contributed by atoms with Crippen LogP contribution >= 0.6 is 0 Å². The number of urea groups is 1. The van der Waals surface area contributed by atoms with E-state index in [1.54, 1.807) is 0 Å². The maximum absolute atomic E-state index is 12.6. The monoisotopic (exact) mass is 325 g/mol. The van der Waals surface area contributed by atoms with E-state index in [-0.39, 0.29) is 37.6 Å². The summed E-state index contributed by atoms with van der Waals surface area (Å²) in [6.45, 7) is 0.0294. The van der Waals surface area contributed by atoms with Gasteiger partial charge in [-0.2, -0.15) is 13.2 Å². The normalized spacial score (nSPS) is 24.2. The fourth-order valence-electron chi connectivity index (χ4n) is 3.13. The van der Waals surface area contributed by atoms with Crippen LogP contribution in [0, 0.1) is 0 Å². The number of alkyl halides is 3. The lowest BCUT2D eigenvalue weighted by Crippen LogP contribution is -2.49. The molecular formula is C16H18F3N3O. The summed E-state index contributed by atoms with van der Waals surface area (Å²) in [5, 5.41) is 2.85. The van der Waals surface area contributed by atoms with Gasteiger partial charge in [-0.1, -0.05) is 30.3 Å². The van der Waals surface area contributed by atoms with Crippen LogP contribution in [0.15, 0.2) is 35.9 Å². The van der Waals surface area contributed by atoms with Gasteiger partial charge in [0.2, 0.25) is 0 Å². The van der Waals surface area contributed by atoms with Gasteiger partial charge >= 0.3 is 12.2 Å². The Balaban J connectivity index is 1.60. The molecule has 4 nitrogen and oxygen atoms in total. The van der Waals surface area contributed by atoms with Gasteiger partial charge in [0.15, 0.2) is 0 Å². The Bertz CT molecular complexity index is 642. The van der Waals surface area contributed by atoms with Gasteiger partial charge in [0.25, 0.3) is 0 Å². The van der Waals surface area contributed by atoms with Crippen LogP contribution in [0.5, 0.6) is 0 Å². The van der Waals surface area contributed by atoms with Crippen molar-refractivity contribution in [1.29, 1.82) is 0 Å². The summed E-state index contributed by atoms with van der Waals surface area (Å²) in [6.07, 6.45) is -2.77. The first-order valence-corrected chi connectivity index (χ1v) is 7.51. The summed E-state index contributed by atoms with van der Waals surface area (Å²) in [7, 11) is 0. The van der Waals surface area contributed by atoms with E-state index < -0.39 is 11.7 Å². The summed E-state index contributed by atoms with van der Waals surface area (Å²) in [5.41, 5.74) is 7.70. The van der Waals surface area contributed by atoms with Crippen LogP contribution in [0.4, 0.5) is 18.0 Å². The minimum Gasteiger partial charge on any atom is -0.333 e. The molecule has 3 rings (SSSR count). The highest BCUT2D eigenvalue weighted by Gasteiger charge is 2.36. The molecular weight excluding hydrogens is 307 g/mol. The topological polar surface area (TPSA) is 58.4 Å². The molecule has 3 N–H and O–H groups in total. The Kier molecular flexibility index (Phi) is 4.06. The van der Waals surface area contributed by atoms with Gasteiger partial charge in [-0.05, 0) is 24.0 Å². The number of rotatable bonds is 1. The molecule has 0 aromatic heterocycles. The van der Waals surface area contributed by atoms with E-state index in [0.717, 1.165) is 17.2 Å². The molecule has 23 heavy (non-hydrogen) atoms. The minimum absolute atomic E-state index is 0.0322. The molecule has 0 spiro atoms. The number of fused-ring (bicyclic) bond motifs is 1. The SMILES string of the molecule is N[C@@H]1c2ccccc2C[C@H]1NC(=O)N1CC=C(C(F)(F)F)CC1. The fourth-order valence-corrected chi connectivity index (χ4v) is 3.13. The average Bonchev–Trinajstić information content (AvgIpc) is 2.83. The highest BCUT2D eigenvalue weighted by molar-refractivity contribution is 5.75.